The van der Waals surface area contributed by atoms with Crippen LogP contribution in [0, 0.1) is 11.3 Å². The van der Waals surface area contributed by atoms with Gasteiger partial charge in [0.2, 0.25) is 11.8 Å². The molecule has 2 rings (SSSR count). The summed E-state index contributed by atoms with van der Waals surface area (Å²) in [6.45, 7) is 8.22. The van der Waals surface area contributed by atoms with E-state index in [9.17, 15) is 9.59 Å². The van der Waals surface area contributed by atoms with Crippen molar-refractivity contribution in [3.8, 4) is 0 Å². The molecule has 5 heteroatoms. The fraction of sp³-hybridized carbons (Fsp3) is 0.857. The van der Waals surface area contributed by atoms with Crippen LogP contribution < -0.4 is 0 Å². The van der Waals surface area contributed by atoms with Crippen LogP contribution in [0.5, 0.6) is 0 Å². The zero-order valence-corrected chi connectivity index (χ0v) is 13.6. The lowest BCUT2D eigenvalue weighted by molar-refractivity contribution is -0.154. The summed E-state index contributed by atoms with van der Waals surface area (Å²) in [5.41, 5.74) is 0.125. The van der Waals surface area contributed by atoms with E-state index in [2.05, 4.69) is 36.7 Å². The van der Waals surface area contributed by atoms with Crippen molar-refractivity contribution in [2.45, 2.75) is 39.7 Å². The molecule has 2 heterocycles. The molecule has 0 bridgehead atoms. The van der Waals surface area contributed by atoms with Gasteiger partial charge in [0.05, 0.1) is 6.54 Å². The number of rotatable bonds is 3. The van der Waals surface area contributed by atoms with Crippen molar-refractivity contribution >= 4 is 27.7 Å². The minimum atomic E-state index is -0.183. The molecule has 0 aromatic rings. The van der Waals surface area contributed by atoms with Crippen molar-refractivity contribution in [1.29, 1.82) is 0 Å². The monoisotopic (exact) mass is 330 g/mol. The standard InChI is InChI=1S/C14H23BrN2O2/c1-14(2,3)10(7-15)8-16-9-12(18)17-6-4-5-11(17)13(16)19/h10-11H,4-9H2,1-3H3. The fourth-order valence-electron chi connectivity index (χ4n) is 2.84. The van der Waals surface area contributed by atoms with Crippen LogP contribution in [-0.2, 0) is 9.59 Å². The number of nitrogens with zero attached hydrogens (tertiary/aromatic N) is 2. The fourth-order valence-corrected chi connectivity index (χ4v) is 4.02. The Morgan fingerprint density at radius 1 is 1.37 bits per heavy atom. The second kappa shape index (κ2) is 5.43. The Labute approximate surface area is 123 Å². The first-order valence-corrected chi connectivity index (χ1v) is 8.11. The van der Waals surface area contributed by atoms with Crippen molar-refractivity contribution in [2.75, 3.05) is 25.0 Å². The number of fused-ring (bicyclic) bond motifs is 1. The predicted molar refractivity (Wildman–Crippen MR) is 78.1 cm³/mol. The van der Waals surface area contributed by atoms with Gasteiger partial charge in [0.1, 0.15) is 6.04 Å². The second-order valence-corrected chi connectivity index (χ2v) is 7.33. The molecule has 108 valence electrons. The van der Waals surface area contributed by atoms with E-state index in [4.69, 9.17) is 0 Å². The molecule has 0 saturated carbocycles. The summed E-state index contributed by atoms with van der Waals surface area (Å²) < 4.78 is 0. The first kappa shape index (κ1) is 14.8. The Balaban J connectivity index is 2.08. The third kappa shape index (κ3) is 2.96. The molecule has 19 heavy (non-hydrogen) atoms. The Morgan fingerprint density at radius 2 is 2.05 bits per heavy atom. The first-order valence-electron chi connectivity index (χ1n) is 6.99. The van der Waals surface area contributed by atoms with Gasteiger partial charge in [0.25, 0.3) is 0 Å². The van der Waals surface area contributed by atoms with E-state index >= 15 is 0 Å². The van der Waals surface area contributed by atoms with Gasteiger partial charge in [-0.1, -0.05) is 36.7 Å². The molecule has 2 aliphatic heterocycles. The van der Waals surface area contributed by atoms with Crippen LogP contribution in [0.4, 0.5) is 0 Å². The molecular formula is C14H23BrN2O2. The molecule has 0 aromatic heterocycles. The van der Waals surface area contributed by atoms with Crippen LogP contribution in [0.15, 0.2) is 0 Å². The summed E-state index contributed by atoms with van der Waals surface area (Å²) in [6, 6.07) is -0.183. The van der Waals surface area contributed by atoms with Gasteiger partial charge in [-0.3, -0.25) is 9.59 Å². The number of alkyl halides is 1. The molecule has 2 fully saturated rings. The summed E-state index contributed by atoms with van der Waals surface area (Å²) in [6.07, 6.45) is 1.78. The number of piperazine rings is 1. The van der Waals surface area contributed by atoms with E-state index in [1.807, 2.05) is 0 Å². The normalized spacial score (nSPS) is 25.8. The predicted octanol–water partition coefficient (Wildman–Crippen LogP) is 1.88. The SMILES string of the molecule is CC(C)(C)C(CBr)CN1CC(=O)N2CCCC2C1=O. The van der Waals surface area contributed by atoms with E-state index in [0.717, 1.165) is 24.7 Å². The average Bonchev–Trinajstić information content (AvgIpc) is 2.80. The third-order valence-corrected chi connectivity index (χ3v) is 5.13. The zero-order chi connectivity index (χ0) is 14.2. The molecule has 0 aromatic carbocycles. The summed E-state index contributed by atoms with van der Waals surface area (Å²) in [4.78, 5) is 28.1. The Hall–Kier alpha value is -0.580. The number of hydrogen-bond donors (Lipinski definition) is 0. The Kier molecular flexibility index (Phi) is 4.23. The van der Waals surface area contributed by atoms with Crippen LogP contribution in [0.1, 0.15) is 33.6 Å². The average molecular weight is 331 g/mol. The van der Waals surface area contributed by atoms with Gasteiger partial charge in [-0.25, -0.2) is 0 Å². The van der Waals surface area contributed by atoms with Crippen LogP contribution in [0.25, 0.3) is 0 Å². The van der Waals surface area contributed by atoms with Crippen LogP contribution in [0.3, 0.4) is 0 Å². The van der Waals surface area contributed by atoms with Gasteiger partial charge in [-0.05, 0) is 24.2 Å². The molecule has 2 atom stereocenters. The molecule has 0 N–H and O–H groups in total. The Bertz CT molecular complexity index is 378. The molecule has 2 unspecified atom stereocenters. The number of hydrogen-bond acceptors (Lipinski definition) is 2. The van der Waals surface area contributed by atoms with Crippen molar-refractivity contribution in [3.63, 3.8) is 0 Å². The van der Waals surface area contributed by atoms with Crippen molar-refractivity contribution in [2.24, 2.45) is 11.3 Å². The van der Waals surface area contributed by atoms with E-state index in [-0.39, 0.29) is 29.8 Å². The maximum atomic E-state index is 12.4. The van der Waals surface area contributed by atoms with Crippen molar-refractivity contribution < 1.29 is 9.59 Å². The zero-order valence-electron chi connectivity index (χ0n) is 12.0. The topological polar surface area (TPSA) is 40.6 Å². The molecule has 4 nitrogen and oxygen atoms in total. The molecule has 0 spiro atoms. The lowest BCUT2D eigenvalue weighted by Crippen LogP contribution is -2.58. The minimum absolute atomic E-state index is 0.115. The van der Waals surface area contributed by atoms with E-state index < -0.39 is 0 Å². The highest BCUT2D eigenvalue weighted by Gasteiger charge is 2.42. The lowest BCUT2D eigenvalue weighted by Gasteiger charge is -2.40. The highest BCUT2D eigenvalue weighted by atomic mass is 79.9. The summed E-state index contributed by atoms with van der Waals surface area (Å²) >= 11 is 3.54. The Morgan fingerprint density at radius 3 is 2.63 bits per heavy atom. The van der Waals surface area contributed by atoms with Crippen LogP contribution in [-0.4, -0.2) is 52.6 Å². The van der Waals surface area contributed by atoms with Gasteiger partial charge < -0.3 is 9.80 Å². The van der Waals surface area contributed by atoms with Crippen LogP contribution in [0.2, 0.25) is 0 Å². The van der Waals surface area contributed by atoms with Gasteiger partial charge in [-0.2, -0.15) is 0 Å². The third-order valence-electron chi connectivity index (χ3n) is 4.35. The maximum absolute atomic E-state index is 12.4. The van der Waals surface area contributed by atoms with Crippen molar-refractivity contribution in [3.05, 3.63) is 0 Å². The van der Waals surface area contributed by atoms with E-state index in [1.54, 1.807) is 9.80 Å². The molecule has 2 amide bonds. The van der Waals surface area contributed by atoms with Crippen LogP contribution >= 0.6 is 15.9 Å². The quantitative estimate of drug-likeness (QED) is 0.741. The van der Waals surface area contributed by atoms with E-state index in [1.165, 1.54) is 0 Å². The van der Waals surface area contributed by atoms with Gasteiger partial charge in [-0.15, -0.1) is 0 Å². The maximum Gasteiger partial charge on any atom is 0.245 e. The number of amides is 2. The molecular weight excluding hydrogens is 308 g/mol. The number of carbonyl (C=O) groups excluding carboxylic acids is 2. The highest BCUT2D eigenvalue weighted by Crippen LogP contribution is 2.30. The van der Waals surface area contributed by atoms with Gasteiger partial charge in [0, 0.05) is 18.4 Å². The second-order valence-electron chi connectivity index (χ2n) is 6.68. The van der Waals surface area contributed by atoms with Gasteiger partial charge >= 0.3 is 0 Å². The summed E-state index contributed by atoms with van der Waals surface area (Å²) in [5, 5.41) is 0.850. The minimum Gasteiger partial charge on any atom is -0.331 e. The summed E-state index contributed by atoms with van der Waals surface area (Å²) in [5.74, 6) is 0.619. The molecule has 2 aliphatic rings. The summed E-state index contributed by atoms with van der Waals surface area (Å²) in [7, 11) is 0. The lowest BCUT2D eigenvalue weighted by atomic mass is 9.81. The first-order chi connectivity index (χ1) is 8.84. The van der Waals surface area contributed by atoms with Gasteiger partial charge in [0.15, 0.2) is 0 Å². The number of halogens is 1. The van der Waals surface area contributed by atoms with E-state index in [0.29, 0.717) is 12.5 Å². The largest absolute Gasteiger partial charge is 0.331 e. The molecule has 0 aliphatic carbocycles. The van der Waals surface area contributed by atoms with Crippen molar-refractivity contribution in [1.82, 2.24) is 9.80 Å². The highest BCUT2D eigenvalue weighted by molar-refractivity contribution is 9.09. The molecule has 0 radical (unpaired) electrons. The smallest absolute Gasteiger partial charge is 0.245 e. The molecule has 2 saturated heterocycles. The number of carbonyl (C=O) groups is 2.